The van der Waals surface area contributed by atoms with Gasteiger partial charge in [0.2, 0.25) is 5.78 Å². The summed E-state index contributed by atoms with van der Waals surface area (Å²) in [5.41, 5.74) is -6.86. The number of aliphatic hydroxyl groups excluding tert-OH is 1. The third-order valence-electron chi connectivity index (χ3n) is 9.86. The maximum atomic E-state index is 14.1. The molecule has 2 heterocycles. The van der Waals surface area contributed by atoms with Gasteiger partial charge in [-0.3, -0.25) is 14.4 Å². The number of hydrogen-bond acceptors (Lipinski definition) is 10. The molecule has 2 fully saturated rings. The standard InChI is InChI=1S/C32H24O10/c1-12-9-15-21(19(34)10-12)26(37)22-14(25(15)36)7-8-17-28(22)42-32-16-5-4-6-18(33)23(16)27(38)24-20(35)11-29(3,39)31(40,13(2)41-32)30(17,24)32/h4-10,13,33-34,38-40H,11H2,1-3H3/t13-,29+,30-,31-,32+/m0/s1. The van der Waals surface area contributed by atoms with E-state index >= 15 is 0 Å². The van der Waals surface area contributed by atoms with E-state index in [9.17, 15) is 39.9 Å². The number of aryl methyl sites for hydroxylation is 1. The quantitative estimate of drug-likeness (QED) is 0.212. The monoisotopic (exact) mass is 568 g/mol. The van der Waals surface area contributed by atoms with Crippen LogP contribution in [0, 0.1) is 6.92 Å². The highest BCUT2D eigenvalue weighted by molar-refractivity contribution is 6.30. The van der Waals surface area contributed by atoms with Crippen LogP contribution in [0.15, 0.2) is 48.0 Å². The average molecular weight is 569 g/mol. The minimum atomic E-state index is -2.32. The lowest BCUT2D eigenvalue weighted by Crippen LogP contribution is -2.74. The third-order valence-corrected chi connectivity index (χ3v) is 9.86. The van der Waals surface area contributed by atoms with Crippen LogP contribution in [0.3, 0.4) is 0 Å². The van der Waals surface area contributed by atoms with Gasteiger partial charge >= 0.3 is 0 Å². The van der Waals surface area contributed by atoms with E-state index in [1.807, 2.05) is 0 Å². The lowest BCUT2D eigenvalue weighted by atomic mass is 9.46. The smallest absolute Gasteiger partial charge is 0.255 e. The molecule has 0 aromatic heterocycles. The zero-order valence-corrected chi connectivity index (χ0v) is 22.6. The molecule has 5 aliphatic rings. The summed E-state index contributed by atoms with van der Waals surface area (Å²) in [6.45, 7) is 4.47. The Bertz CT molecular complexity index is 1940. The van der Waals surface area contributed by atoms with Crippen molar-refractivity contribution in [2.45, 2.75) is 55.7 Å². The van der Waals surface area contributed by atoms with Gasteiger partial charge < -0.3 is 35.0 Å². The summed E-state index contributed by atoms with van der Waals surface area (Å²) in [6.07, 6.45) is -1.79. The molecule has 3 aromatic carbocycles. The van der Waals surface area contributed by atoms with Crippen LogP contribution >= 0.6 is 0 Å². The maximum Gasteiger partial charge on any atom is 0.255 e. The first-order valence-corrected chi connectivity index (χ1v) is 13.5. The van der Waals surface area contributed by atoms with Gasteiger partial charge in [0.25, 0.3) is 5.79 Å². The predicted molar refractivity (Wildman–Crippen MR) is 144 cm³/mol. The Hall–Kier alpha value is -4.51. The van der Waals surface area contributed by atoms with Crippen molar-refractivity contribution in [2.75, 3.05) is 0 Å². The highest BCUT2D eigenvalue weighted by Gasteiger charge is 2.88. The molecule has 8 rings (SSSR count). The molecule has 0 amide bonds. The van der Waals surface area contributed by atoms with Gasteiger partial charge in [-0.05, 0) is 50.6 Å². The van der Waals surface area contributed by atoms with Gasteiger partial charge in [0.1, 0.15) is 39.6 Å². The minimum Gasteiger partial charge on any atom is -0.507 e. The molecular formula is C32H24O10. The zero-order chi connectivity index (χ0) is 29.9. The van der Waals surface area contributed by atoms with Crippen LogP contribution in [-0.2, 0) is 20.7 Å². The van der Waals surface area contributed by atoms with Gasteiger partial charge in [-0.1, -0.05) is 18.2 Å². The summed E-state index contributed by atoms with van der Waals surface area (Å²) in [7, 11) is 0. The summed E-state index contributed by atoms with van der Waals surface area (Å²) in [6, 6.07) is 9.95. The number of benzene rings is 3. The van der Waals surface area contributed by atoms with Crippen LogP contribution < -0.4 is 4.74 Å². The molecule has 1 saturated carbocycles. The number of phenolic OH excluding ortho intramolecular Hbond substituents is 2. The summed E-state index contributed by atoms with van der Waals surface area (Å²) >= 11 is 0. The van der Waals surface area contributed by atoms with Crippen LogP contribution in [0.2, 0.25) is 0 Å². The summed E-state index contributed by atoms with van der Waals surface area (Å²) in [5, 5.41) is 57.7. The van der Waals surface area contributed by atoms with E-state index in [-0.39, 0.29) is 56.0 Å². The second-order valence-corrected chi connectivity index (χ2v) is 12.0. The number of rotatable bonds is 0. The molecule has 212 valence electrons. The van der Waals surface area contributed by atoms with Crippen molar-refractivity contribution < 1.29 is 49.4 Å². The average Bonchev–Trinajstić information content (AvgIpc) is 3.31. The Labute approximate surface area is 238 Å². The van der Waals surface area contributed by atoms with Crippen LogP contribution in [0.25, 0.3) is 5.76 Å². The van der Waals surface area contributed by atoms with Crippen molar-refractivity contribution in [1.29, 1.82) is 0 Å². The number of hydrogen-bond donors (Lipinski definition) is 5. The second-order valence-electron chi connectivity index (χ2n) is 12.0. The van der Waals surface area contributed by atoms with Crippen molar-refractivity contribution in [3.63, 3.8) is 0 Å². The molecule has 0 unspecified atom stereocenters. The van der Waals surface area contributed by atoms with Crippen molar-refractivity contribution >= 4 is 23.1 Å². The Morgan fingerprint density at radius 1 is 0.857 bits per heavy atom. The normalized spacial score (nSPS) is 33.4. The first-order valence-electron chi connectivity index (χ1n) is 13.5. The molecular weight excluding hydrogens is 544 g/mol. The Kier molecular flexibility index (Phi) is 4.26. The van der Waals surface area contributed by atoms with Gasteiger partial charge in [-0.15, -0.1) is 0 Å². The van der Waals surface area contributed by atoms with Crippen molar-refractivity contribution in [3.05, 3.63) is 92.5 Å². The van der Waals surface area contributed by atoms with E-state index in [2.05, 4.69) is 0 Å². The number of fused-ring (bicyclic) bond motifs is 5. The van der Waals surface area contributed by atoms with Gasteiger partial charge in [-0.2, -0.15) is 0 Å². The molecule has 2 aliphatic heterocycles. The van der Waals surface area contributed by atoms with Crippen LogP contribution in [0.1, 0.15) is 74.4 Å². The Morgan fingerprint density at radius 2 is 1.60 bits per heavy atom. The molecule has 5 atom stereocenters. The van der Waals surface area contributed by atoms with E-state index in [0.29, 0.717) is 5.56 Å². The third kappa shape index (κ3) is 2.27. The number of ether oxygens (including phenoxy) is 2. The fraction of sp³-hybridized carbons (Fsp3) is 0.281. The first-order chi connectivity index (χ1) is 19.7. The molecule has 10 nitrogen and oxygen atoms in total. The molecule has 10 heteroatoms. The van der Waals surface area contributed by atoms with E-state index < -0.39 is 63.8 Å². The second kappa shape index (κ2) is 7.09. The summed E-state index contributed by atoms with van der Waals surface area (Å²) in [4.78, 5) is 41.7. The summed E-state index contributed by atoms with van der Waals surface area (Å²) in [5.74, 6) is -5.76. The van der Waals surface area contributed by atoms with Gasteiger partial charge in [0.15, 0.2) is 11.6 Å². The minimum absolute atomic E-state index is 0.0194. The fourth-order valence-corrected chi connectivity index (χ4v) is 8.35. The predicted octanol–water partition coefficient (Wildman–Crippen LogP) is 2.82. The van der Waals surface area contributed by atoms with Crippen molar-refractivity contribution in [3.8, 4) is 17.2 Å². The first kappa shape index (κ1) is 25.2. The van der Waals surface area contributed by atoms with E-state index in [1.54, 1.807) is 6.92 Å². The Balaban J connectivity index is 1.55. The lowest BCUT2D eigenvalue weighted by Gasteiger charge is -2.56. The van der Waals surface area contributed by atoms with Gasteiger partial charge in [0.05, 0.1) is 28.4 Å². The van der Waals surface area contributed by atoms with Crippen LogP contribution in [0.5, 0.6) is 17.2 Å². The number of aliphatic hydroxyl groups is 3. The topological polar surface area (TPSA) is 171 Å². The van der Waals surface area contributed by atoms with Gasteiger partial charge in [0, 0.05) is 28.7 Å². The molecule has 3 aromatic rings. The van der Waals surface area contributed by atoms with Crippen LogP contribution in [-0.4, -0.2) is 60.2 Å². The highest BCUT2D eigenvalue weighted by atomic mass is 16.7. The van der Waals surface area contributed by atoms with E-state index in [4.69, 9.17) is 9.47 Å². The molecule has 5 N–H and O–H groups in total. The lowest BCUT2D eigenvalue weighted by molar-refractivity contribution is -0.199. The molecule has 1 saturated heterocycles. The maximum absolute atomic E-state index is 14.1. The number of phenols is 2. The SMILES string of the molecule is Cc1cc(O)c2c(c1)C(=O)c1ccc3c(c1C2=O)O[C@@]12O[C@@H](C)[C@@]4(O)[C@@]31C(=C(O)c1c(O)cccc12)C(=O)C[C@@]4(C)O. The fourth-order valence-electron chi connectivity index (χ4n) is 8.35. The number of carbonyl (C=O) groups is 3. The van der Waals surface area contributed by atoms with Crippen LogP contribution in [0.4, 0.5) is 0 Å². The largest absolute Gasteiger partial charge is 0.507 e. The van der Waals surface area contributed by atoms with Crippen molar-refractivity contribution in [2.24, 2.45) is 0 Å². The number of ketones is 3. The van der Waals surface area contributed by atoms with Gasteiger partial charge in [-0.25, -0.2) is 0 Å². The molecule has 0 radical (unpaired) electrons. The summed E-state index contributed by atoms with van der Waals surface area (Å²) < 4.78 is 13.1. The number of carbonyl (C=O) groups excluding carboxylic acids is 3. The number of Topliss-reactive ketones (excluding diaryl/α,β-unsaturated/α-hetero) is 1. The van der Waals surface area contributed by atoms with E-state index in [0.717, 1.165) is 0 Å². The zero-order valence-electron chi connectivity index (χ0n) is 22.6. The molecule has 42 heavy (non-hydrogen) atoms. The highest BCUT2D eigenvalue weighted by Crippen LogP contribution is 2.76. The van der Waals surface area contributed by atoms with Crippen molar-refractivity contribution in [1.82, 2.24) is 0 Å². The Morgan fingerprint density at radius 3 is 2.33 bits per heavy atom. The molecule has 0 bridgehead atoms. The number of aromatic hydroxyl groups is 2. The molecule has 3 aliphatic carbocycles. The van der Waals surface area contributed by atoms with E-state index in [1.165, 1.54) is 56.3 Å². The molecule has 1 spiro atoms.